The number of likely N-dealkylation sites (tertiary alicyclic amines) is 2. The van der Waals surface area contributed by atoms with Crippen molar-refractivity contribution in [2.45, 2.75) is 143 Å². The van der Waals surface area contributed by atoms with Crippen molar-refractivity contribution in [2.24, 2.45) is 34.5 Å². The van der Waals surface area contributed by atoms with Crippen LogP contribution in [-0.2, 0) is 0 Å². The summed E-state index contributed by atoms with van der Waals surface area (Å²) in [6.07, 6.45) is 19.1. The molecule has 5 fully saturated rings. The van der Waals surface area contributed by atoms with E-state index in [1.165, 1.54) is 88.4 Å². The molecular formula is C34H58N2O2. The van der Waals surface area contributed by atoms with Gasteiger partial charge in [-0.3, -0.25) is 0 Å². The molecule has 5 rings (SSSR count). The summed E-state index contributed by atoms with van der Waals surface area (Å²) in [6, 6.07) is 1.28. The number of allylic oxidation sites excluding steroid dienone is 2. The van der Waals surface area contributed by atoms with Crippen LogP contribution in [0.1, 0.15) is 119 Å². The van der Waals surface area contributed by atoms with Gasteiger partial charge >= 0.3 is 0 Å². The Balaban J connectivity index is 1.40. The van der Waals surface area contributed by atoms with Crippen molar-refractivity contribution in [3.05, 3.63) is 23.5 Å². The topological polar surface area (TPSA) is 46.9 Å². The number of hydrogen-bond donors (Lipinski definition) is 2. The maximum atomic E-state index is 11.6. The van der Waals surface area contributed by atoms with Gasteiger partial charge in [0.15, 0.2) is 0 Å². The van der Waals surface area contributed by atoms with Gasteiger partial charge < -0.3 is 20.0 Å². The Morgan fingerprint density at radius 2 is 1.03 bits per heavy atom. The molecule has 2 heterocycles. The quantitative estimate of drug-likeness (QED) is 0.353. The smallest absolute Gasteiger partial charge is 0.0716 e. The third-order valence-electron chi connectivity index (χ3n) is 11.8. The predicted octanol–water partition coefficient (Wildman–Crippen LogP) is 7.12. The lowest BCUT2D eigenvalue weighted by atomic mass is 9.65. The Bertz CT molecular complexity index is 811. The average Bonchev–Trinajstić information content (AvgIpc) is 3.26. The van der Waals surface area contributed by atoms with Crippen LogP contribution in [0.15, 0.2) is 23.5 Å². The van der Waals surface area contributed by atoms with Crippen LogP contribution in [0.25, 0.3) is 0 Å². The molecule has 0 spiro atoms. The second-order valence-electron chi connectivity index (χ2n) is 14.7. The Kier molecular flexibility index (Phi) is 8.34. The van der Waals surface area contributed by atoms with Crippen molar-refractivity contribution < 1.29 is 10.2 Å². The molecule has 0 aromatic rings. The van der Waals surface area contributed by atoms with Gasteiger partial charge in [0.1, 0.15) is 0 Å². The van der Waals surface area contributed by atoms with Gasteiger partial charge in [0.25, 0.3) is 0 Å². The summed E-state index contributed by atoms with van der Waals surface area (Å²) in [6.45, 7) is 16.5. The van der Waals surface area contributed by atoms with E-state index in [2.05, 4.69) is 63.5 Å². The van der Waals surface area contributed by atoms with Crippen molar-refractivity contribution in [1.82, 2.24) is 9.80 Å². The van der Waals surface area contributed by atoms with Crippen LogP contribution >= 0.6 is 0 Å². The Labute approximate surface area is 233 Å². The van der Waals surface area contributed by atoms with Gasteiger partial charge in [-0.1, -0.05) is 92.2 Å². The molecule has 3 saturated carbocycles. The van der Waals surface area contributed by atoms with Crippen LogP contribution in [0.5, 0.6) is 0 Å². The van der Waals surface area contributed by atoms with Crippen LogP contribution in [0.3, 0.4) is 0 Å². The number of hydrogen-bond acceptors (Lipinski definition) is 4. The summed E-state index contributed by atoms with van der Waals surface area (Å²) in [5, 5.41) is 23.1. The van der Waals surface area contributed by atoms with Crippen molar-refractivity contribution in [3.63, 3.8) is 0 Å². The number of nitrogens with zero attached hydrogens (tertiary/aromatic N) is 2. The highest BCUT2D eigenvalue weighted by Gasteiger charge is 2.55. The lowest BCUT2D eigenvalue weighted by molar-refractivity contribution is -0.112. The van der Waals surface area contributed by atoms with E-state index in [0.29, 0.717) is 23.9 Å². The molecule has 4 unspecified atom stereocenters. The van der Waals surface area contributed by atoms with E-state index in [-0.39, 0.29) is 22.7 Å². The highest BCUT2D eigenvalue weighted by molar-refractivity contribution is 5.30. The first-order chi connectivity index (χ1) is 18.1. The molecule has 2 N–H and O–H groups in total. The fourth-order valence-corrected chi connectivity index (χ4v) is 9.51. The maximum absolute atomic E-state index is 11.6. The molecule has 0 aromatic carbocycles. The second kappa shape index (κ2) is 11.1. The Hall–Kier alpha value is -1.00. The lowest BCUT2D eigenvalue weighted by Crippen LogP contribution is -2.54. The van der Waals surface area contributed by atoms with Crippen molar-refractivity contribution in [2.75, 3.05) is 13.1 Å². The molecular weight excluding hydrogens is 468 g/mol. The first kappa shape index (κ1) is 28.5. The first-order valence-corrected chi connectivity index (χ1v) is 16.5. The number of aliphatic hydroxyl groups is 2. The van der Waals surface area contributed by atoms with Gasteiger partial charge in [0.05, 0.1) is 12.2 Å². The Morgan fingerprint density at radius 1 is 0.658 bits per heavy atom. The standard InChI is InChI=1S/C34H58N2O2/c1-7-9-19-35-27-17-13-11-15-25(27)33(3,4)29(35)21-23-31(37)24(32(23)38)22-30-34(5,6)26-16-12-14-18-28(26)36(30)20-10-8-2/h21-28,31-32,37-38H,7-20H2,1-6H3. The maximum Gasteiger partial charge on any atom is 0.0716 e. The minimum atomic E-state index is -0.497. The number of aliphatic hydroxyl groups excluding tert-OH is 2. The summed E-state index contributed by atoms with van der Waals surface area (Å²) in [4.78, 5) is 5.41. The van der Waals surface area contributed by atoms with E-state index in [1.807, 2.05) is 0 Å². The predicted molar refractivity (Wildman–Crippen MR) is 157 cm³/mol. The van der Waals surface area contributed by atoms with E-state index in [4.69, 9.17) is 0 Å². The molecule has 0 radical (unpaired) electrons. The molecule has 0 amide bonds. The second-order valence-corrected chi connectivity index (χ2v) is 14.7. The molecule has 3 aliphatic carbocycles. The van der Waals surface area contributed by atoms with E-state index in [1.54, 1.807) is 0 Å². The van der Waals surface area contributed by atoms with Crippen LogP contribution in [-0.4, -0.2) is 57.4 Å². The van der Waals surface area contributed by atoms with E-state index < -0.39 is 12.2 Å². The average molecular weight is 527 g/mol. The van der Waals surface area contributed by atoms with E-state index >= 15 is 0 Å². The van der Waals surface area contributed by atoms with Gasteiger partial charge in [0.2, 0.25) is 0 Å². The Morgan fingerprint density at radius 3 is 1.39 bits per heavy atom. The molecule has 216 valence electrons. The van der Waals surface area contributed by atoms with Crippen LogP contribution < -0.4 is 0 Å². The zero-order valence-corrected chi connectivity index (χ0v) is 25.5. The zero-order valence-electron chi connectivity index (χ0n) is 25.5. The number of fused-ring (bicyclic) bond motifs is 2. The summed E-state index contributed by atoms with van der Waals surface area (Å²) >= 11 is 0. The van der Waals surface area contributed by atoms with E-state index in [0.717, 1.165) is 13.1 Å². The first-order valence-electron chi connectivity index (χ1n) is 16.5. The molecule has 0 bridgehead atoms. The van der Waals surface area contributed by atoms with Gasteiger partial charge in [-0.25, -0.2) is 0 Å². The third kappa shape index (κ3) is 4.68. The van der Waals surface area contributed by atoms with E-state index in [9.17, 15) is 10.2 Å². The lowest BCUT2D eigenvalue weighted by Gasteiger charge is -2.46. The highest BCUT2D eigenvalue weighted by atomic mass is 16.3. The van der Waals surface area contributed by atoms with Gasteiger partial charge in [0, 0.05) is 59.2 Å². The van der Waals surface area contributed by atoms with Crippen molar-refractivity contribution >= 4 is 0 Å². The van der Waals surface area contributed by atoms with Gasteiger partial charge in [-0.15, -0.1) is 0 Å². The molecule has 5 aliphatic rings. The van der Waals surface area contributed by atoms with Gasteiger partial charge in [-0.2, -0.15) is 0 Å². The minimum Gasteiger partial charge on any atom is -0.392 e. The van der Waals surface area contributed by atoms with Crippen molar-refractivity contribution in [3.8, 4) is 0 Å². The van der Waals surface area contributed by atoms with Crippen LogP contribution in [0, 0.1) is 34.5 Å². The molecule has 2 aliphatic heterocycles. The number of rotatable bonds is 8. The summed E-state index contributed by atoms with van der Waals surface area (Å²) < 4.78 is 0. The highest BCUT2D eigenvalue weighted by Crippen LogP contribution is 2.56. The largest absolute Gasteiger partial charge is 0.392 e. The fraction of sp³-hybridized carbons (Fsp3) is 0.882. The summed E-state index contributed by atoms with van der Waals surface area (Å²) in [5.41, 5.74) is 3.05. The fourth-order valence-electron chi connectivity index (χ4n) is 9.51. The molecule has 0 aromatic heterocycles. The molecule has 4 heteroatoms. The molecule has 4 atom stereocenters. The molecule has 38 heavy (non-hydrogen) atoms. The van der Waals surface area contributed by atoms with Crippen molar-refractivity contribution in [1.29, 1.82) is 0 Å². The monoisotopic (exact) mass is 526 g/mol. The van der Waals surface area contributed by atoms with Crippen LogP contribution in [0.4, 0.5) is 0 Å². The summed E-state index contributed by atoms with van der Waals surface area (Å²) in [5.74, 6) is 1.07. The zero-order chi connectivity index (χ0) is 27.2. The normalized spacial score (nSPS) is 41.9. The third-order valence-corrected chi connectivity index (χ3v) is 11.8. The SMILES string of the molecule is CCCCN1C(=CC2C(O)C(C=C3N(CCCC)C4CCCCC4C3(C)C)C2O)C(C)(C)C2CCCCC21. The number of unbranched alkanes of at least 4 members (excludes halogenated alkanes) is 2. The van der Waals surface area contributed by atoms with Gasteiger partial charge in [-0.05, 0) is 50.4 Å². The molecule has 4 nitrogen and oxygen atoms in total. The summed E-state index contributed by atoms with van der Waals surface area (Å²) in [7, 11) is 0. The van der Waals surface area contributed by atoms with Crippen LogP contribution in [0.2, 0.25) is 0 Å². The minimum absolute atomic E-state index is 0.113. The molecule has 2 saturated heterocycles.